The molecule has 6 heteroatoms. The van der Waals surface area contributed by atoms with E-state index in [1.54, 1.807) is 17.5 Å². The van der Waals surface area contributed by atoms with Gasteiger partial charge >= 0.3 is 0 Å². The molecule has 0 atom stereocenters. The zero-order chi connectivity index (χ0) is 10.4. The van der Waals surface area contributed by atoms with E-state index >= 15 is 0 Å². The lowest BCUT2D eigenvalue weighted by Gasteiger charge is -2.02. The van der Waals surface area contributed by atoms with Gasteiger partial charge in [-0.15, -0.1) is 22.9 Å². The summed E-state index contributed by atoms with van der Waals surface area (Å²) in [7, 11) is -3.15. The average molecular weight is 255 g/mol. The summed E-state index contributed by atoms with van der Waals surface area (Å²) in [6, 6.07) is 3.32. The standard InChI is InChI=1S/C8H11ClO3S2/c9-3-4-12-5-7-14(10,11)8-2-1-6-13-8/h1-2,6H,3-5,7H2. The number of halogens is 1. The van der Waals surface area contributed by atoms with Crippen LogP contribution in [0.4, 0.5) is 0 Å². The van der Waals surface area contributed by atoms with Crippen LogP contribution in [0.5, 0.6) is 0 Å². The summed E-state index contributed by atoms with van der Waals surface area (Å²) in [5.74, 6) is 0.406. The van der Waals surface area contributed by atoms with Crippen LogP contribution in [0.3, 0.4) is 0 Å². The molecule has 1 aromatic rings. The zero-order valence-corrected chi connectivity index (χ0v) is 9.87. The van der Waals surface area contributed by atoms with Crippen LogP contribution in [0.2, 0.25) is 0 Å². The fourth-order valence-corrected chi connectivity index (χ4v) is 3.25. The van der Waals surface area contributed by atoms with Crippen molar-refractivity contribution in [2.45, 2.75) is 4.21 Å². The third kappa shape index (κ3) is 3.57. The smallest absolute Gasteiger partial charge is 0.189 e. The van der Waals surface area contributed by atoms with Crippen LogP contribution in [0, 0.1) is 0 Å². The minimum atomic E-state index is -3.15. The zero-order valence-electron chi connectivity index (χ0n) is 7.48. The molecule has 0 spiro atoms. The highest BCUT2D eigenvalue weighted by Gasteiger charge is 2.14. The van der Waals surface area contributed by atoms with Gasteiger partial charge in [0.1, 0.15) is 4.21 Å². The first-order valence-corrected chi connectivity index (χ1v) is 7.13. The summed E-state index contributed by atoms with van der Waals surface area (Å²) >= 11 is 6.60. The molecule has 14 heavy (non-hydrogen) atoms. The molecule has 0 radical (unpaired) electrons. The summed E-state index contributed by atoms with van der Waals surface area (Å²) in [6.07, 6.45) is 0. The van der Waals surface area contributed by atoms with E-state index in [1.165, 1.54) is 11.3 Å². The minimum absolute atomic E-state index is 0.0183. The Labute approximate surface area is 92.6 Å². The van der Waals surface area contributed by atoms with Gasteiger partial charge in [-0.2, -0.15) is 0 Å². The molecule has 1 rings (SSSR count). The van der Waals surface area contributed by atoms with Crippen molar-refractivity contribution in [3.8, 4) is 0 Å². The lowest BCUT2D eigenvalue weighted by atomic mass is 10.7. The number of rotatable bonds is 6. The van der Waals surface area contributed by atoms with Crippen molar-refractivity contribution in [2.75, 3.05) is 24.8 Å². The largest absolute Gasteiger partial charge is 0.379 e. The van der Waals surface area contributed by atoms with Gasteiger partial charge in [0.05, 0.1) is 19.0 Å². The van der Waals surface area contributed by atoms with Gasteiger partial charge in [-0.3, -0.25) is 0 Å². The Morgan fingerprint density at radius 1 is 1.43 bits per heavy atom. The van der Waals surface area contributed by atoms with Crippen LogP contribution in [-0.4, -0.2) is 33.3 Å². The molecule has 1 aromatic heterocycles. The Morgan fingerprint density at radius 2 is 2.21 bits per heavy atom. The number of hydrogen-bond acceptors (Lipinski definition) is 4. The molecule has 0 unspecified atom stereocenters. The van der Waals surface area contributed by atoms with Crippen molar-refractivity contribution in [2.24, 2.45) is 0 Å². The molecule has 0 fully saturated rings. The number of ether oxygens (including phenoxy) is 1. The van der Waals surface area contributed by atoms with Gasteiger partial charge in [0.15, 0.2) is 9.84 Å². The first-order chi connectivity index (χ1) is 6.67. The highest BCUT2D eigenvalue weighted by atomic mass is 35.5. The summed E-state index contributed by atoms with van der Waals surface area (Å²) in [5.41, 5.74) is 0. The monoisotopic (exact) mass is 254 g/mol. The van der Waals surface area contributed by atoms with E-state index in [0.29, 0.717) is 16.7 Å². The molecule has 0 saturated carbocycles. The van der Waals surface area contributed by atoms with Gasteiger partial charge in [0.2, 0.25) is 0 Å². The quantitative estimate of drug-likeness (QED) is 0.574. The first-order valence-electron chi connectivity index (χ1n) is 4.07. The van der Waals surface area contributed by atoms with Crippen LogP contribution in [0.1, 0.15) is 0 Å². The Kier molecular flexibility index (Phi) is 4.88. The second-order valence-corrected chi connectivity index (χ2v) is 6.21. The SMILES string of the molecule is O=S(=O)(CCOCCCl)c1cccs1. The van der Waals surface area contributed by atoms with E-state index in [9.17, 15) is 8.42 Å². The summed E-state index contributed by atoms with van der Waals surface area (Å²) < 4.78 is 28.5. The molecule has 80 valence electrons. The first kappa shape index (κ1) is 12.0. The number of hydrogen-bond donors (Lipinski definition) is 0. The summed E-state index contributed by atoms with van der Waals surface area (Å²) in [5, 5.41) is 1.74. The third-order valence-electron chi connectivity index (χ3n) is 1.52. The Bertz CT molecular complexity index is 345. The van der Waals surface area contributed by atoms with E-state index in [4.69, 9.17) is 16.3 Å². The number of alkyl halides is 1. The highest BCUT2D eigenvalue weighted by Crippen LogP contribution is 2.17. The number of thiophene rings is 1. The van der Waals surface area contributed by atoms with Crippen LogP contribution in [0.15, 0.2) is 21.7 Å². The van der Waals surface area contributed by atoms with Gasteiger partial charge in [-0.05, 0) is 11.4 Å². The van der Waals surface area contributed by atoms with E-state index in [-0.39, 0.29) is 12.4 Å². The Balaban J connectivity index is 2.44. The molecular formula is C8H11ClO3S2. The maximum Gasteiger partial charge on any atom is 0.189 e. The Hall–Kier alpha value is -0.100. The fourth-order valence-electron chi connectivity index (χ4n) is 0.866. The molecule has 1 heterocycles. The van der Waals surface area contributed by atoms with Crippen LogP contribution in [0.25, 0.3) is 0 Å². The average Bonchev–Trinajstić information content (AvgIpc) is 2.65. The molecular weight excluding hydrogens is 244 g/mol. The molecule has 0 amide bonds. The molecule has 0 saturated heterocycles. The highest BCUT2D eigenvalue weighted by molar-refractivity contribution is 7.93. The Morgan fingerprint density at radius 3 is 2.79 bits per heavy atom. The fraction of sp³-hybridized carbons (Fsp3) is 0.500. The molecule has 0 aromatic carbocycles. The predicted octanol–water partition coefficient (Wildman–Crippen LogP) is 1.78. The van der Waals surface area contributed by atoms with Gasteiger partial charge < -0.3 is 4.74 Å². The third-order valence-corrected chi connectivity index (χ3v) is 4.84. The van der Waals surface area contributed by atoms with Gasteiger partial charge in [-0.25, -0.2) is 8.42 Å². The lowest BCUT2D eigenvalue weighted by Crippen LogP contribution is -2.12. The van der Waals surface area contributed by atoms with Crippen molar-refractivity contribution >= 4 is 32.8 Å². The molecule has 0 aliphatic rings. The summed E-state index contributed by atoms with van der Waals surface area (Å²) in [6.45, 7) is 0.592. The molecule has 0 bridgehead atoms. The maximum atomic E-state index is 11.6. The topological polar surface area (TPSA) is 43.4 Å². The second kappa shape index (κ2) is 5.70. The molecule has 0 aliphatic heterocycles. The van der Waals surface area contributed by atoms with E-state index in [1.807, 2.05) is 0 Å². The van der Waals surface area contributed by atoms with Gasteiger partial charge in [-0.1, -0.05) is 6.07 Å². The van der Waals surface area contributed by atoms with Crippen molar-refractivity contribution in [3.05, 3.63) is 17.5 Å². The van der Waals surface area contributed by atoms with Crippen molar-refractivity contribution in [1.29, 1.82) is 0 Å². The molecule has 3 nitrogen and oxygen atoms in total. The van der Waals surface area contributed by atoms with Crippen molar-refractivity contribution in [3.63, 3.8) is 0 Å². The predicted molar refractivity (Wildman–Crippen MR) is 57.9 cm³/mol. The van der Waals surface area contributed by atoms with Crippen molar-refractivity contribution in [1.82, 2.24) is 0 Å². The van der Waals surface area contributed by atoms with Crippen LogP contribution in [-0.2, 0) is 14.6 Å². The van der Waals surface area contributed by atoms with Gasteiger partial charge in [0.25, 0.3) is 0 Å². The second-order valence-electron chi connectivity index (χ2n) is 2.55. The normalized spacial score (nSPS) is 11.8. The van der Waals surface area contributed by atoms with E-state index < -0.39 is 9.84 Å². The van der Waals surface area contributed by atoms with E-state index in [0.717, 1.165) is 0 Å². The van der Waals surface area contributed by atoms with Crippen molar-refractivity contribution < 1.29 is 13.2 Å². The van der Waals surface area contributed by atoms with E-state index in [2.05, 4.69) is 0 Å². The van der Waals surface area contributed by atoms with Crippen LogP contribution >= 0.6 is 22.9 Å². The molecule has 0 aliphatic carbocycles. The molecule has 0 N–H and O–H groups in total. The van der Waals surface area contributed by atoms with Gasteiger partial charge in [0, 0.05) is 5.88 Å². The summed E-state index contributed by atoms with van der Waals surface area (Å²) in [4.78, 5) is 0. The lowest BCUT2D eigenvalue weighted by molar-refractivity contribution is 0.165. The van der Waals surface area contributed by atoms with Crippen LogP contribution < -0.4 is 0 Å². The minimum Gasteiger partial charge on any atom is -0.379 e. The number of sulfone groups is 1. The maximum absolute atomic E-state index is 11.6.